The van der Waals surface area contributed by atoms with Crippen molar-refractivity contribution in [1.29, 1.82) is 0 Å². The van der Waals surface area contributed by atoms with E-state index in [4.69, 9.17) is 0 Å². The van der Waals surface area contributed by atoms with E-state index in [1.54, 1.807) is 0 Å². The molecule has 0 bridgehead atoms. The third-order valence-corrected chi connectivity index (χ3v) is 4.52. The molecule has 1 aliphatic heterocycles. The molecule has 0 atom stereocenters. The second-order valence-electron chi connectivity index (χ2n) is 6.32. The van der Waals surface area contributed by atoms with E-state index in [-0.39, 0.29) is 0 Å². The summed E-state index contributed by atoms with van der Waals surface area (Å²) in [5, 5.41) is 3.60. The average molecular weight is 274 g/mol. The Morgan fingerprint density at radius 2 is 2.00 bits per heavy atom. The van der Waals surface area contributed by atoms with E-state index in [2.05, 4.69) is 46.3 Å². The summed E-state index contributed by atoms with van der Waals surface area (Å²) >= 11 is 0. The van der Waals surface area contributed by atoms with Crippen molar-refractivity contribution in [2.24, 2.45) is 0 Å². The minimum absolute atomic E-state index is 0.725. The minimum Gasteiger partial charge on any atom is -0.356 e. The van der Waals surface area contributed by atoms with Crippen LogP contribution in [0.5, 0.6) is 0 Å². The number of hydrogen-bond acceptors (Lipinski definition) is 4. The van der Waals surface area contributed by atoms with Crippen LogP contribution in [0.15, 0.2) is 18.3 Å². The standard InChI is InChI=1S/C16H26N4/c1-19(2)15-7-10-20(11-8-15)16-13(4-3-9-17-16)12-18-14-5-6-14/h3-4,9,14-15,18H,5-8,10-12H2,1-2H3. The summed E-state index contributed by atoms with van der Waals surface area (Å²) in [7, 11) is 4.37. The van der Waals surface area contributed by atoms with Gasteiger partial charge in [-0.15, -0.1) is 0 Å². The molecule has 110 valence electrons. The number of rotatable bonds is 5. The number of aromatic nitrogens is 1. The number of anilines is 1. The zero-order valence-corrected chi connectivity index (χ0v) is 12.7. The van der Waals surface area contributed by atoms with Crippen LogP contribution in [0.4, 0.5) is 5.82 Å². The Hall–Kier alpha value is -1.13. The lowest BCUT2D eigenvalue weighted by atomic mass is 10.0. The molecule has 4 heteroatoms. The fraction of sp³-hybridized carbons (Fsp3) is 0.688. The lowest BCUT2D eigenvalue weighted by Crippen LogP contribution is -2.42. The maximum absolute atomic E-state index is 4.64. The van der Waals surface area contributed by atoms with Gasteiger partial charge in [0.1, 0.15) is 5.82 Å². The molecular formula is C16H26N4. The molecule has 0 radical (unpaired) electrons. The van der Waals surface area contributed by atoms with Crippen molar-refractivity contribution in [3.05, 3.63) is 23.9 Å². The average Bonchev–Trinajstić information content (AvgIpc) is 3.30. The highest BCUT2D eigenvalue weighted by atomic mass is 15.2. The van der Waals surface area contributed by atoms with Gasteiger partial charge < -0.3 is 15.1 Å². The summed E-state index contributed by atoms with van der Waals surface area (Å²) in [6, 6.07) is 5.75. The fourth-order valence-corrected chi connectivity index (χ4v) is 2.99. The molecule has 4 nitrogen and oxygen atoms in total. The van der Waals surface area contributed by atoms with Crippen molar-refractivity contribution in [3.8, 4) is 0 Å². The number of nitrogens with zero attached hydrogens (tertiary/aromatic N) is 3. The van der Waals surface area contributed by atoms with Crippen molar-refractivity contribution in [3.63, 3.8) is 0 Å². The van der Waals surface area contributed by atoms with Gasteiger partial charge >= 0.3 is 0 Å². The topological polar surface area (TPSA) is 31.4 Å². The van der Waals surface area contributed by atoms with Crippen LogP contribution in [-0.2, 0) is 6.54 Å². The molecule has 1 aromatic heterocycles. The van der Waals surface area contributed by atoms with Gasteiger partial charge in [0.05, 0.1) is 0 Å². The molecule has 2 heterocycles. The van der Waals surface area contributed by atoms with Crippen LogP contribution >= 0.6 is 0 Å². The van der Waals surface area contributed by atoms with Crippen molar-refractivity contribution < 1.29 is 0 Å². The summed E-state index contributed by atoms with van der Waals surface area (Å²) in [4.78, 5) is 9.46. The second-order valence-corrected chi connectivity index (χ2v) is 6.32. The molecule has 1 aromatic rings. The lowest BCUT2D eigenvalue weighted by Gasteiger charge is -2.36. The molecule has 1 saturated heterocycles. The molecule has 1 aliphatic carbocycles. The Labute approximate surface area is 122 Å². The first kappa shape index (κ1) is 13.8. The van der Waals surface area contributed by atoms with Crippen molar-refractivity contribution in [2.75, 3.05) is 32.1 Å². The van der Waals surface area contributed by atoms with E-state index in [9.17, 15) is 0 Å². The van der Waals surface area contributed by atoms with E-state index in [0.717, 1.165) is 31.7 Å². The summed E-state index contributed by atoms with van der Waals surface area (Å²) < 4.78 is 0. The summed E-state index contributed by atoms with van der Waals surface area (Å²) in [5.74, 6) is 1.19. The van der Waals surface area contributed by atoms with Crippen LogP contribution in [0.1, 0.15) is 31.2 Å². The SMILES string of the molecule is CN(C)C1CCN(c2ncccc2CNC2CC2)CC1. The van der Waals surface area contributed by atoms with Gasteiger partial charge in [0.2, 0.25) is 0 Å². The van der Waals surface area contributed by atoms with E-state index >= 15 is 0 Å². The Kier molecular flexibility index (Phi) is 4.22. The van der Waals surface area contributed by atoms with Gasteiger partial charge in [-0.05, 0) is 45.8 Å². The van der Waals surface area contributed by atoms with Gasteiger partial charge in [0.15, 0.2) is 0 Å². The van der Waals surface area contributed by atoms with E-state index < -0.39 is 0 Å². The maximum atomic E-state index is 4.64. The predicted octanol–water partition coefficient (Wildman–Crippen LogP) is 1.86. The number of nitrogens with one attached hydrogen (secondary N) is 1. The first-order valence-electron chi connectivity index (χ1n) is 7.82. The zero-order chi connectivity index (χ0) is 13.9. The van der Waals surface area contributed by atoms with E-state index in [0.29, 0.717) is 0 Å². The van der Waals surface area contributed by atoms with Gasteiger partial charge in [-0.1, -0.05) is 6.07 Å². The molecule has 2 fully saturated rings. The highest BCUT2D eigenvalue weighted by molar-refractivity contribution is 5.47. The lowest BCUT2D eigenvalue weighted by molar-refractivity contribution is 0.249. The Morgan fingerprint density at radius 1 is 1.25 bits per heavy atom. The van der Waals surface area contributed by atoms with Gasteiger partial charge in [-0.25, -0.2) is 4.98 Å². The molecule has 3 rings (SSSR count). The van der Waals surface area contributed by atoms with Crippen LogP contribution in [0.2, 0.25) is 0 Å². The molecule has 0 unspecified atom stereocenters. The molecule has 0 aromatic carbocycles. The number of pyridine rings is 1. The maximum Gasteiger partial charge on any atom is 0.133 e. The Bertz CT molecular complexity index is 434. The quantitative estimate of drug-likeness (QED) is 0.888. The number of hydrogen-bond donors (Lipinski definition) is 1. The Balaban J connectivity index is 1.64. The predicted molar refractivity (Wildman–Crippen MR) is 83.0 cm³/mol. The molecule has 2 aliphatic rings. The van der Waals surface area contributed by atoms with Crippen molar-refractivity contribution in [1.82, 2.24) is 15.2 Å². The van der Waals surface area contributed by atoms with E-state index in [1.165, 1.54) is 37.1 Å². The van der Waals surface area contributed by atoms with E-state index in [1.807, 2.05) is 6.20 Å². The van der Waals surface area contributed by atoms with Crippen LogP contribution < -0.4 is 10.2 Å². The van der Waals surface area contributed by atoms with Crippen molar-refractivity contribution >= 4 is 5.82 Å². The monoisotopic (exact) mass is 274 g/mol. The smallest absolute Gasteiger partial charge is 0.133 e. The molecule has 1 saturated carbocycles. The molecule has 0 amide bonds. The molecule has 1 N–H and O–H groups in total. The minimum atomic E-state index is 0.725. The normalized spacial score (nSPS) is 20.6. The Morgan fingerprint density at radius 3 is 2.65 bits per heavy atom. The van der Waals surface area contributed by atoms with Gasteiger partial charge in [-0.3, -0.25) is 0 Å². The van der Waals surface area contributed by atoms with Gasteiger partial charge in [0, 0.05) is 43.5 Å². The molecule has 20 heavy (non-hydrogen) atoms. The summed E-state index contributed by atoms with van der Waals surface area (Å²) in [5.41, 5.74) is 1.35. The first-order chi connectivity index (χ1) is 9.74. The van der Waals surface area contributed by atoms with Crippen LogP contribution in [0.25, 0.3) is 0 Å². The third-order valence-electron chi connectivity index (χ3n) is 4.52. The van der Waals surface area contributed by atoms with Crippen molar-refractivity contribution in [2.45, 2.75) is 44.3 Å². The van der Waals surface area contributed by atoms with Crippen LogP contribution in [0.3, 0.4) is 0 Å². The number of piperidine rings is 1. The van der Waals surface area contributed by atoms with Crippen LogP contribution in [-0.4, -0.2) is 49.2 Å². The zero-order valence-electron chi connectivity index (χ0n) is 12.7. The highest BCUT2D eigenvalue weighted by Crippen LogP contribution is 2.25. The molecule has 0 spiro atoms. The third kappa shape index (κ3) is 3.30. The highest BCUT2D eigenvalue weighted by Gasteiger charge is 2.24. The largest absolute Gasteiger partial charge is 0.356 e. The fourth-order valence-electron chi connectivity index (χ4n) is 2.99. The first-order valence-corrected chi connectivity index (χ1v) is 7.82. The second kappa shape index (κ2) is 6.10. The molecular weight excluding hydrogens is 248 g/mol. The van der Waals surface area contributed by atoms with Gasteiger partial charge in [-0.2, -0.15) is 0 Å². The summed E-state index contributed by atoms with van der Waals surface area (Å²) in [6.45, 7) is 3.20. The van der Waals surface area contributed by atoms with Gasteiger partial charge in [0.25, 0.3) is 0 Å². The van der Waals surface area contributed by atoms with Crippen LogP contribution in [0, 0.1) is 0 Å². The summed E-state index contributed by atoms with van der Waals surface area (Å²) in [6.07, 6.45) is 7.07.